The molecule has 8 nitrogen and oxygen atoms in total. The van der Waals surface area contributed by atoms with Crippen molar-refractivity contribution >= 4 is 34.5 Å². The van der Waals surface area contributed by atoms with E-state index < -0.39 is 16.0 Å². The van der Waals surface area contributed by atoms with E-state index in [0.717, 1.165) is 11.1 Å². The molecule has 2 amide bonds. The predicted octanol–water partition coefficient (Wildman–Crippen LogP) is 1.58. The summed E-state index contributed by atoms with van der Waals surface area (Å²) in [6.45, 7) is 0.110. The van der Waals surface area contributed by atoms with E-state index in [1.165, 1.54) is 23.2 Å². The monoisotopic (exact) mass is 401 g/mol. The number of rotatable bonds is 4. The molecule has 11 heteroatoms. The molecule has 1 aliphatic rings. The summed E-state index contributed by atoms with van der Waals surface area (Å²) in [6, 6.07) is 5.96. The zero-order valence-corrected chi connectivity index (χ0v) is 15.3. The first-order valence-corrected chi connectivity index (χ1v) is 8.85. The number of halogens is 2. The van der Waals surface area contributed by atoms with Crippen LogP contribution in [0, 0.1) is 5.82 Å². The summed E-state index contributed by atoms with van der Waals surface area (Å²) < 4.78 is 38.2. The van der Waals surface area contributed by atoms with Crippen LogP contribution < -0.4 is 15.2 Å². The molecule has 2 aromatic rings. The Bertz CT molecular complexity index is 954. The molecule has 0 radical (unpaired) electrons. The van der Waals surface area contributed by atoms with Gasteiger partial charge in [-0.25, -0.2) is 19.3 Å². The Morgan fingerprint density at radius 3 is 2.77 bits per heavy atom. The smallest absolute Gasteiger partial charge is 0.323 e. The topological polar surface area (TPSA) is 117 Å². The van der Waals surface area contributed by atoms with Gasteiger partial charge in [-0.05, 0) is 23.3 Å². The van der Waals surface area contributed by atoms with Gasteiger partial charge in [-0.3, -0.25) is 5.32 Å². The Labute approximate surface area is 156 Å². The van der Waals surface area contributed by atoms with Gasteiger partial charge >= 0.3 is 6.03 Å². The summed E-state index contributed by atoms with van der Waals surface area (Å²) in [7, 11) is -2.24. The van der Waals surface area contributed by atoms with Gasteiger partial charge in [0, 0.05) is 30.9 Å². The first-order chi connectivity index (χ1) is 11.7. The number of hydrogen-bond donors (Lipinski definition) is 3. The molecule has 1 aromatic carbocycles. The lowest BCUT2D eigenvalue weighted by Gasteiger charge is -2.27. The fourth-order valence-electron chi connectivity index (χ4n) is 2.57. The lowest BCUT2D eigenvalue weighted by molar-refractivity contribution is 0.218. The van der Waals surface area contributed by atoms with Gasteiger partial charge in [-0.15, -0.1) is 12.4 Å². The van der Waals surface area contributed by atoms with E-state index in [9.17, 15) is 17.6 Å². The van der Waals surface area contributed by atoms with E-state index >= 15 is 0 Å². The van der Waals surface area contributed by atoms with E-state index in [1.54, 1.807) is 19.2 Å². The highest BCUT2D eigenvalue weighted by atomic mass is 35.5. The average molecular weight is 402 g/mol. The van der Waals surface area contributed by atoms with Crippen LogP contribution in [0.5, 0.6) is 0 Å². The van der Waals surface area contributed by atoms with Gasteiger partial charge in [0.2, 0.25) is 0 Å². The molecular formula is C15H17ClFN5O3S. The van der Waals surface area contributed by atoms with Crippen molar-refractivity contribution in [1.82, 2.24) is 14.6 Å². The summed E-state index contributed by atoms with van der Waals surface area (Å²) in [5.41, 5.74) is 2.28. The van der Waals surface area contributed by atoms with Crippen molar-refractivity contribution in [2.75, 3.05) is 12.4 Å². The number of urea groups is 1. The van der Waals surface area contributed by atoms with Crippen LogP contribution >= 0.6 is 12.4 Å². The molecule has 0 unspecified atom stereocenters. The van der Waals surface area contributed by atoms with Crippen LogP contribution in [0.4, 0.5) is 15.0 Å². The second-order valence-electron chi connectivity index (χ2n) is 5.64. The number of nitrogens with zero attached hydrogens (tertiary/aromatic N) is 2. The van der Waals surface area contributed by atoms with Crippen molar-refractivity contribution < 1.29 is 17.6 Å². The van der Waals surface area contributed by atoms with Crippen molar-refractivity contribution in [2.45, 2.75) is 13.1 Å². The Morgan fingerprint density at radius 1 is 1.38 bits per heavy atom. The first kappa shape index (κ1) is 20.0. The minimum Gasteiger partial charge on any atom is -0.323 e. The van der Waals surface area contributed by atoms with Gasteiger partial charge < -0.3 is 4.90 Å². The zero-order chi connectivity index (χ0) is 18.2. The molecule has 4 N–H and O–H groups in total. The highest BCUT2D eigenvalue weighted by Crippen LogP contribution is 2.32. The summed E-state index contributed by atoms with van der Waals surface area (Å²) in [4.78, 5) is 17.3. The number of amides is 2. The zero-order valence-electron chi connectivity index (χ0n) is 13.7. The summed E-state index contributed by atoms with van der Waals surface area (Å²) >= 11 is 0. The second kappa shape index (κ2) is 7.54. The number of carbonyl (C=O) groups is 1. The Balaban J connectivity index is 0.00000243. The molecule has 2 heterocycles. The van der Waals surface area contributed by atoms with Crippen molar-refractivity contribution in [3.05, 3.63) is 47.4 Å². The molecule has 140 valence electrons. The van der Waals surface area contributed by atoms with Crippen LogP contribution in [0.2, 0.25) is 0 Å². The maximum absolute atomic E-state index is 14.3. The van der Waals surface area contributed by atoms with Crippen molar-refractivity contribution in [2.24, 2.45) is 5.14 Å². The van der Waals surface area contributed by atoms with Crippen LogP contribution in [0.1, 0.15) is 11.1 Å². The number of nitrogens with two attached hydrogens (primary N) is 1. The fourth-order valence-corrected chi connectivity index (χ4v) is 2.93. The molecule has 0 saturated heterocycles. The molecule has 1 aliphatic heterocycles. The quantitative estimate of drug-likeness (QED) is 0.720. The van der Waals surface area contributed by atoms with Crippen LogP contribution in [0.15, 0.2) is 30.5 Å². The maximum atomic E-state index is 14.3. The summed E-state index contributed by atoms with van der Waals surface area (Å²) in [5.74, 6) is -0.117. The summed E-state index contributed by atoms with van der Waals surface area (Å²) in [6.07, 6.45) is 1.54. The van der Waals surface area contributed by atoms with E-state index in [0.29, 0.717) is 17.9 Å². The fraction of sp³-hybridized carbons (Fsp3) is 0.200. The predicted molar refractivity (Wildman–Crippen MR) is 97.3 cm³/mol. The second-order valence-corrected chi connectivity index (χ2v) is 7.02. The normalized spacial score (nSPS) is 13.7. The van der Waals surface area contributed by atoms with Gasteiger partial charge in [0.25, 0.3) is 10.2 Å². The Hall–Kier alpha value is -2.27. The molecule has 0 aliphatic carbocycles. The van der Waals surface area contributed by atoms with Gasteiger partial charge in [0.05, 0.1) is 6.54 Å². The van der Waals surface area contributed by atoms with Crippen LogP contribution in [-0.2, 0) is 23.3 Å². The number of hydrogen-bond acceptors (Lipinski definition) is 4. The number of fused-ring (bicyclic) bond motifs is 1. The molecule has 0 fully saturated rings. The number of nitrogens with one attached hydrogen (secondary N) is 2. The van der Waals surface area contributed by atoms with E-state index in [1.807, 2.05) is 4.72 Å². The molecule has 0 saturated carbocycles. The SMILES string of the molecule is CN1Cc2c(-c3ccc(CNS(N)(=O)=O)c(F)c3)ccnc2NC1=O.Cl. The molecule has 26 heavy (non-hydrogen) atoms. The van der Waals surface area contributed by atoms with Crippen LogP contribution in [-0.4, -0.2) is 31.4 Å². The molecule has 0 atom stereocenters. The minimum absolute atomic E-state index is 0. The number of benzene rings is 1. The summed E-state index contributed by atoms with van der Waals surface area (Å²) in [5, 5.41) is 7.52. The number of pyridine rings is 1. The highest BCUT2D eigenvalue weighted by Gasteiger charge is 2.23. The van der Waals surface area contributed by atoms with Crippen molar-refractivity contribution in [3.8, 4) is 11.1 Å². The molecule has 0 bridgehead atoms. The van der Waals surface area contributed by atoms with Gasteiger partial charge in [-0.2, -0.15) is 13.1 Å². The third kappa shape index (κ3) is 4.28. The van der Waals surface area contributed by atoms with Crippen molar-refractivity contribution in [1.29, 1.82) is 0 Å². The number of anilines is 1. The number of aromatic nitrogens is 1. The van der Waals surface area contributed by atoms with E-state index in [4.69, 9.17) is 5.14 Å². The minimum atomic E-state index is -3.90. The third-order valence-corrected chi connectivity index (χ3v) is 4.40. The van der Waals surface area contributed by atoms with Gasteiger partial charge in [0.15, 0.2) is 0 Å². The third-order valence-electron chi connectivity index (χ3n) is 3.85. The molecule has 1 aromatic heterocycles. The Kier molecular flexibility index (Phi) is 5.81. The van der Waals surface area contributed by atoms with E-state index in [-0.39, 0.29) is 30.5 Å². The molecule has 3 rings (SSSR count). The lowest BCUT2D eigenvalue weighted by atomic mass is 9.98. The van der Waals surface area contributed by atoms with Crippen LogP contribution in [0.25, 0.3) is 11.1 Å². The molecule has 0 spiro atoms. The van der Waals surface area contributed by atoms with Gasteiger partial charge in [0.1, 0.15) is 11.6 Å². The Morgan fingerprint density at radius 2 is 2.12 bits per heavy atom. The number of carbonyl (C=O) groups excluding carboxylic acids is 1. The largest absolute Gasteiger partial charge is 0.323 e. The van der Waals surface area contributed by atoms with Crippen LogP contribution in [0.3, 0.4) is 0 Å². The first-order valence-electron chi connectivity index (χ1n) is 7.31. The highest BCUT2D eigenvalue weighted by molar-refractivity contribution is 7.87. The maximum Gasteiger partial charge on any atom is 0.323 e. The molecular weight excluding hydrogens is 385 g/mol. The average Bonchev–Trinajstić information content (AvgIpc) is 2.53. The standard InChI is InChI=1S/C15H16FN5O3S.ClH/c1-21-8-12-11(4-5-18-14(12)20-15(21)22)9-2-3-10(13(16)6-9)7-19-25(17,23)24;/h2-6,19H,7-8H2,1H3,(H2,17,23,24)(H,18,20,22);1H. The van der Waals surface area contributed by atoms with Gasteiger partial charge in [-0.1, -0.05) is 12.1 Å². The lowest BCUT2D eigenvalue weighted by Crippen LogP contribution is -2.36. The van der Waals surface area contributed by atoms with Crippen molar-refractivity contribution in [3.63, 3.8) is 0 Å². The van der Waals surface area contributed by atoms with E-state index in [2.05, 4.69) is 10.3 Å².